The smallest absolute Gasteiger partial charge is 0.333 e. The number of amides is 1. The van der Waals surface area contributed by atoms with Gasteiger partial charge >= 0.3 is 11.7 Å². The van der Waals surface area contributed by atoms with E-state index >= 15 is 0 Å². The number of nitrogens with two attached hydrogens (primary N) is 1. The van der Waals surface area contributed by atoms with Crippen LogP contribution in [0.1, 0.15) is 18.9 Å². The molecule has 1 aromatic carbocycles. The lowest BCUT2D eigenvalue weighted by atomic mass is 10.2. The molecule has 0 fully saturated rings. The minimum absolute atomic E-state index is 0.0263. The van der Waals surface area contributed by atoms with Gasteiger partial charge in [0.2, 0.25) is 5.91 Å². The number of hydrogen-bond donors (Lipinski definition) is 3. The molecule has 0 saturated carbocycles. The van der Waals surface area contributed by atoms with Crippen molar-refractivity contribution in [1.29, 1.82) is 5.41 Å². The summed E-state index contributed by atoms with van der Waals surface area (Å²) in [6, 6.07) is 6.02. The van der Waals surface area contributed by atoms with Gasteiger partial charge in [0, 0.05) is 18.0 Å². The minimum Gasteiger partial charge on any atom is -0.466 e. The molecule has 28 heavy (non-hydrogen) atoms. The maximum Gasteiger partial charge on any atom is 0.333 e. The van der Waals surface area contributed by atoms with Gasteiger partial charge in [-0.1, -0.05) is 6.08 Å². The van der Waals surface area contributed by atoms with Crippen molar-refractivity contribution in [3.63, 3.8) is 0 Å². The zero-order valence-electron chi connectivity index (χ0n) is 15.6. The molecule has 9 nitrogen and oxygen atoms in total. The van der Waals surface area contributed by atoms with Gasteiger partial charge in [-0.25, -0.2) is 4.79 Å². The van der Waals surface area contributed by atoms with Crippen LogP contribution in [0.25, 0.3) is 5.69 Å². The maximum absolute atomic E-state index is 12.5. The van der Waals surface area contributed by atoms with E-state index in [1.807, 2.05) is 0 Å². The van der Waals surface area contributed by atoms with Crippen LogP contribution < -0.4 is 16.7 Å². The number of rotatable bonds is 9. The number of ether oxygens (including phenoxy) is 1. The molecule has 2 aromatic rings. The Bertz CT molecular complexity index is 927. The Balaban J connectivity index is 2.06. The van der Waals surface area contributed by atoms with Gasteiger partial charge in [0.05, 0.1) is 24.8 Å². The second-order valence-corrected chi connectivity index (χ2v) is 5.96. The molecule has 4 N–H and O–H groups in total. The predicted octanol–water partition coefficient (Wildman–Crippen LogP) is 0.547. The van der Waals surface area contributed by atoms with Crippen LogP contribution in [0.5, 0.6) is 0 Å². The second kappa shape index (κ2) is 9.36. The average Bonchev–Trinajstić information content (AvgIpc) is 3.01. The fourth-order valence-corrected chi connectivity index (χ4v) is 2.53. The number of carbonyl (C=O) groups is 2. The zero-order chi connectivity index (χ0) is 20.7. The number of esters is 1. The molecule has 0 aliphatic carbocycles. The highest BCUT2D eigenvalue weighted by Crippen LogP contribution is 2.07. The van der Waals surface area contributed by atoms with Crippen molar-refractivity contribution in [1.82, 2.24) is 14.5 Å². The third-order valence-electron chi connectivity index (χ3n) is 3.94. The van der Waals surface area contributed by atoms with E-state index < -0.39 is 23.6 Å². The van der Waals surface area contributed by atoms with Gasteiger partial charge in [0.15, 0.2) is 0 Å². The van der Waals surface area contributed by atoms with Gasteiger partial charge in [-0.2, -0.15) is 0 Å². The number of benzene rings is 1. The van der Waals surface area contributed by atoms with Crippen molar-refractivity contribution in [3.8, 4) is 5.69 Å². The fourth-order valence-electron chi connectivity index (χ4n) is 2.53. The highest BCUT2D eigenvalue weighted by molar-refractivity contribution is 5.95. The molecule has 148 valence electrons. The van der Waals surface area contributed by atoms with Crippen molar-refractivity contribution in [2.75, 3.05) is 6.61 Å². The van der Waals surface area contributed by atoms with E-state index in [1.54, 1.807) is 37.4 Å². The summed E-state index contributed by atoms with van der Waals surface area (Å²) < 4.78 is 7.48. The van der Waals surface area contributed by atoms with Gasteiger partial charge in [-0.3, -0.25) is 24.1 Å². The second-order valence-electron chi connectivity index (χ2n) is 5.96. The molecule has 0 saturated heterocycles. The summed E-state index contributed by atoms with van der Waals surface area (Å²) >= 11 is 0. The Kier molecular flexibility index (Phi) is 6.91. The van der Waals surface area contributed by atoms with E-state index in [0.29, 0.717) is 11.3 Å². The molecule has 1 amide bonds. The van der Waals surface area contributed by atoms with Crippen LogP contribution in [0.2, 0.25) is 0 Å². The van der Waals surface area contributed by atoms with E-state index in [4.69, 9.17) is 15.9 Å². The summed E-state index contributed by atoms with van der Waals surface area (Å²) in [7, 11) is 0. The van der Waals surface area contributed by atoms with Crippen LogP contribution in [0.15, 0.2) is 54.1 Å². The van der Waals surface area contributed by atoms with Gasteiger partial charge in [0.1, 0.15) is 12.4 Å². The first-order valence-corrected chi connectivity index (χ1v) is 8.65. The van der Waals surface area contributed by atoms with E-state index in [1.165, 1.54) is 21.4 Å². The number of carbonyl (C=O) groups excluding carboxylic acids is 2. The predicted molar refractivity (Wildman–Crippen MR) is 104 cm³/mol. The fraction of sp³-hybridized carbons (Fsp3) is 0.263. The summed E-state index contributed by atoms with van der Waals surface area (Å²) in [5, 5.41) is 10.0. The lowest BCUT2D eigenvalue weighted by Crippen LogP contribution is -2.39. The standard InChI is InChI=1S/C19H23N5O4/c1-3-14(11-17(26)28-4-2)22-16(25)12-23-9-10-24(19(23)27)15-7-5-13(6-8-15)18(20)21/h3,5-10,14H,1,4,11-12H2,2H3,(H3,20,21)(H,22,25)/t14-/m1/s1. The SMILES string of the molecule is C=C[C@H](CC(=O)OCC)NC(=O)Cn1ccn(-c2ccc(C(=N)N)cc2)c1=O. The first-order chi connectivity index (χ1) is 13.3. The first-order valence-electron chi connectivity index (χ1n) is 8.65. The lowest BCUT2D eigenvalue weighted by Gasteiger charge is -2.14. The highest BCUT2D eigenvalue weighted by atomic mass is 16.5. The number of imidazole rings is 1. The Morgan fingerprint density at radius 1 is 1.32 bits per heavy atom. The van der Waals surface area contributed by atoms with Crippen molar-refractivity contribution in [2.45, 2.75) is 25.9 Å². The van der Waals surface area contributed by atoms with Gasteiger partial charge in [0.25, 0.3) is 0 Å². The Labute approximate surface area is 161 Å². The molecule has 0 bridgehead atoms. The molecule has 0 radical (unpaired) electrons. The van der Waals surface area contributed by atoms with Crippen LogP contribution in [0, 0.1) is 5.41 Å². The molecule has 1 aromatic heterocycles. The minimum atomic E-state index is -0.580. The van der Waals surface area contributed by atoms with Crippen LogP contribution in [-0.4, -0.2) is 39.5 Å². The van der Waals surface area contributed by atoms with E-state index in [9.17, 15) is 14.4 Å². The molecule has 1 atom stereocenters. The molecule has 0 aliphatic heterocycles. The summed E-state index contributed by atoms with van der Waals surface area (Å²) in [5.41, 5.74) is 6.16. The summed E-state index contributed by atoms with van der Waals surface area (Å²) in [5.74, 6) is -0.932. The van der Waals surface area contributed by atoms with Crippen molar-refractivity contribution in [2.24, 2.45) is 5.73 Å². The van der Waals surface area contributed by atoms with Crippen molar-refractivity contribution in [3.05, 3.63) is 65.4 Å². The number of nitrogens with zero attached hydrogens (tertiary/aromatic N) is 2. The van der Waals surface area contributed by atoms with Crippen LogP contribution in [-0.2, 0) is 20.9 Å². The topological polar surface area (TPSA) is 132 Å². The molecular weight excluding hydrogens is 362 g/mol. The molecule has 0 unspecified atom stereocenters. The molecule has 9 heteroatoms. The highest BCUT2D eigenvalue weighted by Gasteiger charge is 2.16. The molecule has 1 heterocycles. The average molecular weight is 385 g/mol. The largest absolute Gasteiger partial charge is 0.466 e. The number of amidine groups is 1. The van der Waals surface area contributed by atoms with Crippen LogP contribution in [0.3, 0.4) is 0 Å². The summed E-state index contributed by atoms with van der Waals surface area (Å²) in [6.07, 6.45) is 4.46. The number of nitrogen functional groups attached to an aromatic ring is 1. The van der Waals surface area contributed by atoms with Gasteiger partial charge in [-0.05, 0) is 31.2 Å². The van der Waals surface area contributed by atoms with Crippen LogP contribution >= 0.6 is 0 Å². The number of nitrogens with one attached hydrogen (secondary N) is 2. The monoisotopic (exact) mass is 385 g/mol. The summed E-state index contributed by atoms with van der Waals surface area (Å²) in [6.45, 7) is 5.35. The molecule has 2 rings (SSSR count). The normalized spacial score (nSPS) is 11.5. The Morgan fingerprint density at radius 2 is 2.00 bits per heavy atom. The zero-order valence-corrected chi connectivity index (χ0v) is 15.6. The van der Waals surface area contributed by atoms with Gasteiger partial charge in [-0.15, -0.1) is 6.58 Å². The third-order valence-corrected chi connectivity index (χ3v) is 3.94. The number of aromatic nitrogens is 2. The van der Waals surface area contributed by atoms with E-state index in [0.717, 1.165) is 0 Å². The van der Waals surface area contributed by atoms with Crippen LogP contribution in [0.4, 0.5) is 0 Å². The molecular formula is C19H23N5O4. The van der Waals surface area contributed by atoms with E-state index in [2.05, 4.69) is 11.9 Å². The Hall–Kier alpha value is -3.62. The summed E-state index contributed by atoms with van der Waals surface area (Å²) in [4.78, 5) is 36.3. The Morgan fingerprint density at radius 3 is 2.57 bits per heavy atom. The molecule has 0 spiro atoms. The maximum atomic E-state index is 12.5. The van der Waals surface area contributed by atoms with Crippen molar-refractivity contribution < 1.29 is 14.3 Å². The van der Waals surface area contributed by atoms with Gasteiger partial charge < -0.3 is 15.8 Å². The van der Waals surface area contributed by atoms with E-state index in [-0.39, 0.29) is 25.4 Å². The quantitative estimate of drug-likeness (QED) is 0.251. The lowest BCUT2D eigenvalue weighted by molar-refractivity contribution is -0.143. The molecule has 0 aliphatic rings. The third kappa shape index (κ3) is 5.19. The first kappa shape index (κ1) is 20.7. The number of hydrogen-bond acceptors (Lipinski definition) is 5. The van der Waals surface area contributed by atoms with Crippen molar-refractivity contribution >= 4 is 17.7 Å².